The lowest BCUT2D eigenvalue weighted by Gasteiger charge is -2.21. The van der Waals surface area contributed by atoms with E-state index in [4.69, 9.17) is 0 Å². The Kier molecular flexibility index (Phi) is 8.36. The lowest BCUT2D eigenvalue weighted by atomic mass is 10.1. The Morgan fingerprint density at radius 3 is 2.62 bits per heavy atom. The highest BCUT2D eigenvalue weighted by Gasteiger charge is 2.32. The largest absolute Gasteiger partial charge is 0.356 e. The second-order valence-corrected chi connectivity index (χ2v) is 5.89. The number of likely N-dealkylation sites (tertiary alicyclic amines) is 1. The van der Waals surface area contributed by atoms with Gasteiger partial charge in [0.25, 0.3) is 0 Å². The van der Waals surface area contributed by atoms with E-state index in [1.807, 2.05) is 4.90 Å². The van der Waals surface area contributed by atoms with E-state index in [-0.39, 0.29) is 24.0 Å². The average molecular weight is 408 g/mol. The predicted molar refractivity (Wildman–Crippen MR) is 97.1 cm³/mol. The molecule has 1 saturated heterocycles. The van der Waals surface area contributed by atoms with Gasteiger partial charge in [-0.1, -0.05) is 19.8 Å². The molecule has 0 aromatic rings. The number of aliphatic imine (C=N–C) groups is 1. The highest BCUT2D eigenvalue weighted by Crippen LogP contribution is 2.27. The monoisotopic (exact) mass is 408 g/mol. The van der Waals surface area contributed by atoms with Gasteiger partial charge in [-0.2, -0.15) is 0 Å². The molecular weight excluding hydrogens is 379 g/mol. The van der Waals surface area contributed by atoms with E-state index in [0.717, 1.165) is 51.3 Å². The summed E-state index contributed by atoms with van der Waals surface area (Å²) >= 11 is 0. The summed E-state index contributed by atoms with van der Waals surface area (Å²) in [5, 5.41) is 6.70. The molecule has 21 heavy (non-hydrogen) atoms. The van der Waals surface area contributed by atoms with Crippen LogP contribution in [0.2, 0.25) is 0 Å². The third kappa shape index (κ3) is 5.30. The SMILES string of the molecule is CCCNC(=NC)NC1CCN(C(=O)C2CCCC2)C1.I. The zero-order valence-corrected chi connectivity index (χ0v) is 15.6. The van der Waals surface area contributed by atoms with E-state index < -0.39 is 0 Å². The second-order valence-electron chi connectivity index (χ2n) is 5.89. The smallest absolute Gasteiger partial charge is 0.225 e. The van der Waals surface area contributed by atoms with Crippen molar-refractivity contribution in [3.63, 3.8) is 0 Å². The zero-order chi connectivity index (χ0) is 14.4. The summed E-state index contributed by atoms with van der Waals surface area (Å²) in [4.78, 5) is 18.6. The van der Waals surface area contributed by atoms with Gasteiger partial charge < -0.3 is 15.5 Å². The third-order valence-corrected chi connectivity index (χ3v) is 4.31. The minimum atomic E-state index is 0. The van der Waals surface area contributed by atoms with Crippen LogP contribution in [0.5, 0.6) is 0 Å². The Bertz CT molecular complexity index is 356. The molecule has 1 heterocycles. The Morgan fingerprint density at radius 1 is 1.29 bits per heavy atom. The van der Waals surface area contributed by atoms with Crippen molar-refractivity contribution in [3.8, 4) is 0 Å². The quantitative estimate of drug-likeness (QED) is 0.425. The molecule has 2 fully saturated rings. The van der Waals surface area contributed by atoms with Gasteiger partial charge in [0.1, 0.15) is 0 Å². The standard InChI is InChI=1S/C15H28N4O.HI/c1-3-9-17-15(16-2)18-13-8-10-19(11-13)14(20)12-6-4-5-7-12;/h12-13H,3-11H2,1-2H3,(H2,16,17,18);1H. The fourth-order valence-electron chi connectivity index (χ4n) is 3.14. The van der Waals surface area contributed by atoms with Crippen LogP contribution in [0.3, 0.4) is 0 Å². The fourth-order valence-corrected chi connectivity index (χ4v) is 3.14. The molecule has 0 bridgehead atoms. The highest BCUT2D eigenvalue weighted by molar-refractivity contribution is 14.0. The molecule has 0 aromatic carbocycles. The van der Waals surface area contributed by atoms with Crippen molar-refractivity contribution < 1.29 is 4.79 Å². The Labute approximate surface area is 145 Å². The molecule has 6 heteroatoms. The van der Waals surface area contributed by atoms with Crippen molar-refractivity contribution in [1.82, 2.24) is 15.5 Å². The van der Waals surface area contributed by atoms with Crippen LogP contribution in [0, 0.1) is 5.92 Å². The van der Waals surface area contributed by atoms with Crippen molar-refractivity contribution >= 4 is 35.8 Å². The van der Waals surface area contributed by atoms with Crippen molar-refractivity contribution in [1.29, 1.82) is 0 Å². The van der Waals surface area contributed by atoms with Crippen LogP contribution < -0.4 is 10.6 Å². The number of guanidine groups is 1. The van der Waals surface area contributed by atoms with Gasteiger partial charge in [0.05, 0.1) is 0 Å². The van der Waals surface area contributed by atoms with Gasteiger partial charge in [-0.25, -0.2) is 0 Å². The molecular formula is C15H29IN4O. The molecule has 1 aliphatic heterocycles. The third-order valence-electron chi connectivity index (χ3n) is 4.31. The molecule has 0 spiro atoms. The summed E-state index contributed by atoms with van der Waals surface area (Å²) in [7, 11) is 1.79. The van der Waals surface area contributed by atoms with E-state index >= 15 is 0 Å². The first-order chi connectivity index (χ1) is 9.74. The number of nitrogens with zero attached hydrogens (tertiary/aromatic N) is 2. The van der Waals surface area contributed by atoms with Gasteiger partial charge >= 0.3 is 0 Å². The molecule has 2 N–H and O–H groups in total. The number of hydrogen-bond acceptors (Lipinski definition) is 2. The Hall–Kier alpha value is -0.530. The van der Waals surface area contributed by atoms with Gasteiger partial charge in [-0.15, -0.1) is 24.0 Å². The topological polar surface area (TPSA) is 56.7 Å². The normalized spacial score (nSPS) is 23.0. The van der Waals surface area contributed by atoms with E-state index in [1.165, 1.54) is 12.8 Å². The lowest BCUT2D eigenvalue weighted by Crippen LogP contribution is -2.45. The summed E-state index contributed by atoms with van der Waals surface area (Å²) in [5.74, 6) is 1.53. The number of carbonyl (C=O) groups excluding carboxylic acids is 1. The van der Waals surface area contributed by atoms with Crippen LogP contribution in [0.4, 0.5) is 0 Å². The van der Waals surface area contributed by atoms with Gasteiger partial charge in [0.2, 0.25) is 5.91 Å². The summed E-state index contributed by atoms with van der Waals surface area (Å²) in [6.45, 7) is 4.77. The van der Waals surface area contributed by atoms with Crippen LogP contribution in [0.25, 0.3) is 0 Å². The van der Waals surface area contributed by atoms with Crippen molar-refractivity contribution in [3.05, 3.63) is 0 Å². The molecule has 1 aliphatic carbocycles. The fraction of sp³-hybridized carbons (Fsp3) is 0.867. The predicted octanol–water partition coefficient (Wildman–Crippen LogP) is 1.97. The van der Waals surface area contributed by atoms with Crippen LogP contribution in [-0.2, 0) is 4.79 Å². The number of carbonyl (C=O) groups is 1. The number of halogens is 1. The van der Waals surface area contributed by atoms with E-state index in [0.29, 0.717) is 17.9 Å². The van der Waals surface area contributed by atoms with Gasteiger partial charge in [0.15, 0.2) is 5.96 Å². The number of nitrogens with one attached hydrogen (secondary N) is 2. The summed E-state index contributed by atoms with van der Waals surface area (Å²) < 4.78 is 0. The highest BCUT2D eigenvalue weighted by atomic mass is 127. The Morgan fingerprint density at radius 2 is 2.00 bits per heavy atom. The molecule has 122 valence electrons. The maximum atomic E-state index is 12.4. The molecule has 1 saturated carbocycles. The van der Waals surface area contributed by atoms with Crippen molar-refractivity contribution in [2.24, 2.45) is 10.9 Å². The van der Waals surface area contributed by atoms with Gasteiger partial charge in [-0.3, -0.25) is 9.79 Å². The second kappa shape index (κ2) is 9.48. The maximum absolute atomic E-state index is 12.4. The Balaban J connectivity index is 0.00000220. The number of rotatable bonds is 4. The first-order valence-corrected chi connectivity index (χ1v) is 8.00. The summed E-state index contributed by atoms with van der Waals surface area (Å²) in [5.41, 5.74) is 0. The summed E-state index contributed by atoms with van der Waals surface area (Å²) in [6.07, 6.45) is 6.72. The molecule has 2 rings (SSSR count). The molecule has 1 unspecified atom stereocenters. The molecule has 5 nitrogen and oxygen atoms in total. The first-order valence-electron chi connectivity index (χ1n) is 8.00. The molecule has 0 radical (unpaired) electrons. The van der Waals surface area contributed by atoms with E-state index in [9.17, 15) is 4.79 Å². The lowest BCUT2D eigenvalue weighted by molar-refractivity contribution is -0.134. The molecule has 2 aliphatic rings. The molecule has 0 aromatic heterocycles. The average Bonchev–Trinajstić information content (AvgIpc) is 3.13. The van der Waals surface area contributed by atoms with Crippen LogP contribution >= 0.6 is 24.0 Å². The molecule has 1 amide bonds. The van der Waals surface area contributed by atoms with Crippen LogP contribution in [0.15, 0.2) is 4.99 Å². The molecule has 1 atom stereocenters. The van der Waals surface area contributed by atoms with E-state index in [1.54, 1.807) is 7.05 Å². The van der Waals surface area contributed by atoms with Gasteiger partial charge in [0, 0.05) is 38.6 Å². The van der Waals surface area contributed by atoms with E-state index in [2.05, 4.69) is 22.5 Å². The first kappa shape index (κ1) is 18.5. The van der Waals surface area contributed by atoms with Crippen LogP contribution in [-0.4, -0.2) is 49.5 Å². The number of hydrogen-bond donors (Lipinski definition) is 2. The summed E-state index contributed by atoms with van der Waals surface area (Å²) in [6, 6.07) is 0.336. The van der Waals surface area contributed by atoms with Crippen LogP contribution in [0.1, 0.15) is 45.4 Å². The van der Waals surface area contributed by atoms with Crippen molar-refractivity contribution in [2.45, 2.75) is 51.5 Å². The minimum Gasteiger partial charge on any atom is -0.356 e. The maximum Gasteiger partial charge on any atom is 0.225 e. The zero-order valence-electron chi connectivity index (χ0n) is 13.2. The minimum absolute atomic E-state index is 0. The van der Waals surface area contributed by atoms with Crippen molar-refractivity contribution in [2.75, 3.05) is 26.7 Å². The van der Waals surface area contributed by atoms with Gasteiger partial charge in [-0.05, 0) is 25.7 Å². The number of amides is 1.